The molecule has 3 aromatic rings. The van der Waals surface area contributed by atoms with E-state index in [1.807, 2.05) is 41.1 Å². The Hall–Kier alpha value is -2.94. The molecule has 21 heavy (non-hydrogen) atoms. The van der Waals surface area contributed by atoms with Crippen molar-refractivity contribution in [1.82, 2.24) is 9.36 Å². The van der Waals surface area contributed by atoms with Crippen LogP contribution in [0.3, 0.4) is 0 Å². The molecular formula is C18H17N3. The number of nitrogens with zero attached hydrogens (tertiary/aromatic N) is 2. The molecule has 0 unspecified atom stereocenters. The molecule has 2 aromatic carbocycles. The standard InChI is InChI=1S/C18H17N3/c1-3-19-18-17(15-11-7-5-8-12-15)21(20(18)4-2)16-13-9-6-10-14-16/h3-14,19H,1-2H2. The van der Waals surface area contributed by atoms with Gasteiger partial charge in [0.1, 0.15) is 5.69 Å². The molecule has 3 nitrogen and oxygen atoms in total. The van der Waals surface area contributed by atoms with E-state index in [2.05, 4.69) is 47.4 Å². The Morgan fingerprint density at radius 3 is 2.05 bits per heavy atom. The lowest BCUT2D eigenvalue weighted by molar-refractivity contribution is 0.715. The Balaban J connectivity index is 2.22. The van der Waals surface area contributed by atoms with Crippen molar-refractivity contribution in [2.75, 3.05) is 5.32 Å². The van der Waals surface area contributed by atoms with Gasteiger partial charge in [-0.25, -0.2) is 9.36 Å². The van der Waals surface area contributed by atoms with Crippen LogP contribution in [0.2, 0.25) is 0 Å². The highest BCUT2D eigenvalue weighted by atomic mass is 15.5. The predicted molar refractivity (Wildman–Crippen MR) is 89.4 cm³/mol. The van der Waals surface area contributed by atoms with Crippen LogP contribution >= 0.6 is 0 Å². The van der Waals surface area contributed by atoms with Crippen LogP contribution in [0.5, 0.6) is 0 Å². The Bertz CT molecular complexity index is 749. The third kappa shape index (κ3) is 2.19. The van der Waals surface area contributed by atoms with Crippen LogP contribution in [0.25, 0.3) is 23.1 Å². The molecule has 0 aliphatic carbocycles. The SMILES string of the molecule is C=CNc1c(-c2ccccc2)n(-c2ccccc2)n1C=C. The Morgan fingerprint density at radius 2 is 1.48 bits per heavy atom. The summed E-state index contributed by atoms with van der Waals surface area (Å²) in [5, 5.41) is 3.19. The second-order valence-corrected chi connectivity index (χ2v) is 4.59. The summed E-state index contributed by atoms with van der Waals surface area (Å²) in [6.45, 7) is 7.65. The lowest BCUT2D eigenvalue weighted by Gasteiger charge is -2.30. The first kappa shape index (κ1) is 13.1. The van der Waals surface area contributed by atoms with Crippen molar-refractivity contribution in [3.63, 3.8) is 0 Å². The van der Waals surface area contributed by atoms with E-state index in [4.69, 9.17) is 0 Å². The number of hydrogen-bond acceptors (Lipinski definition) is 1. The van der Waals surface area contributed by atoms with Crippen LogP contribution in [-0.2, 0) is 0 Å². The highest BCUT2D eigenvalue weighted by Gasteiger charge is 2.21. The topological polar surface area (TPSA) is 21.9 Å². The first-order valence-corrected chi connectivity index (χ1v) is 6.81. The largest absolute Gasteiger partial charge is 0.345 e. The quantitative estimate of drug-likeness (QED) is 0.722. The van der Waals surface area contributed by atoms with Gasteiger partial charge in [-0.1, -0.05) is 61.7 Å². The van der Waals surface area contributed by atoms with Crippen molar-refractivity contribution in [3.05, 3.63) is 80.0 Å². The van der Waals surface area contributed by atoms with Gasteiger partial charge in [-0.3, -0.25) is 0 Å². The molecule has 1 N–H and O–H groups in total. The van der Waals surface area contributed by atoms with Gasteiger partial charge in [-0.2, -0.15) is 0 Å². The molecular weight excluding hydrogens is 258 g/mol. The third-order valence-corrected chi connectivity index (χ3v) is 3.34. The summed E-state index contributed by atoms with van der Waals surface area (Å²) >= 11 is 0. The monoisotopic (exact) mass is 275 g/mol. The van der Waals surface area contributed by atoms with Crippen LogP contribution in [0.15, 0.2) is 80.0 Å². The van der Waals surface area contributed by atoms with E-state index in [0.29, 0.717) is 0 Å². The summed E-state index contributed by atoms with van der Waals surface area (Å²) in [6.07, 6.45) is 3.46. The summed E-state index contributed by atoms with van der Waals surface area (Å²) in [5.74, 6) is 0.968. The number of rotatable bonds is 5. The molecule has 0 fully saturated rings. The minimum Gasteiger partial charge on any atom is -0.345 e. The molecule has 104 valence electrons. The number of aromatic nitrogens is 2. The van der Waals surface area contributed by atoms with Crippen molar-refractivity contribution >= 4 is 12.0 Å². The fourth-order valence-corrected chi connectivity index (χ4v) is 2.45. The van der Waals surface area contributed by atoms with Crippen molar-refractivity contribution in [2.24, 2.45) is 0 Å². The lowest BCUT2D eigenvalue weighted by atomic mass is 10.1. The van der Waals surface area contributed by atoms with Gasteiger partial charge in [0.05, 0.1) is 5.69 Å². The molecule has 1 heterocycles. The molecule has 3 heteroatoms. The average molecular weight is 275 g/mol. The second kappa shape index (κ2) is 5.59. The summed E-state index contributed by atoms with van der Waals surface area (Å²) in [5.41, 5.74) is 3.33. The van der Waals surface area contributed by atoms with Crippen molar-refractivity contribution in [3.8, 4) is 16.9 Å². The van der Waals surface area contributed by atoms with Crippen molar-refractivity contribution in [2.45, 2.75) is 0 Å². The summed E-state index contributed by atoms with van der Waals surface area (Å²) in [6, 6.07) is 20.5. The van der Waals surface area contributed by atoms with E-state index < -0.39 is 0 Å². The Morgan fingerprint density at radius 1 is 0.857 bits per heavy atom. The summed E-state index contributed by atoms with van der Waals surface area (Å²) in [7, 11) is 0. The maximum Gasteiger partial charge on any atom is 0.156 e. The molecule has 0 amide bonds. The molecule has 0 radical (unpaired) electrons. The Labute approximate surface area is 124 Å². The van der Waals surface area contributed by atoms with Crippen LogP contribution in [0.4, 0.5) is 5.82 Å². The van der Waals surface area contributed by atoms with Crippen molar-refractivity contribution in [1.29, 1.82) is 0 Å². The zero-order chi connectivity index (χ0) is 14.7. The van der Waals surface area contributed by atoms with E-state index in [9.17, 15) is 0 Å². The molecule has 0 atom stereocenters. The van der Waals surface area contributed by atoms with E-state index in [-0.39, 0.29) is 0 Å². The summed E-state index contributed by atoms with van der Waals surface area (Å²) < 4.78 is 4.09. The van der Waals surface area contributed by atoms with Gasteiger partial charge in [-0.05, 0) is 18.3 Å². The zero-order valence-electron chi connectivity index (χ0n) is 11.7. The molecule has 3 rings (SSSR count). The number of nitrogens with one attached hydrogen (secondary N) is 1. The van der Waals surface area contributed by atoms with Gasteiger partial charge in [-0.15, -0.1) is 0 Å². The smallest absolute Gasteiger partial charge is 0.156 e. The lowest BCUT2D eigenvalue weighted by Crippen LogP contribution is -2.23. The number of hydrogen-bond donors (Lipinski definition) is 1. The maximum atomic E-state index is 3.89. The summed E-state index contributed by atoms with van der Waals surface area (Å²) in [4.78, 5) is 0. The fourth-order valence-electron chi connectivity index (χ4n) is 2.45. The number of benzene rings is 2. The van der Waals surface area contributed by atoms with Gasteiger partial charge in [0.2, 0.25) is 0 Å². The van der Waals surface area contributed by atoms with Gasteiger partial charge in [0.25, 0.3) is 0 Å². The minimum atomic E-state index is 0.968. The molecule has 0 aliphatic heterocycles. The molecule has 0 aliphatic rings. The first-order valence-electron chi connectivity index (χ1n) is 6.81. The van der Waals surface area contributed by atoms with Gasteiger partial charge in [0.15, 0.2) is 5.82 Å². The van der Waals surface area contributed by atoms with Gasteiger partial charge >= 0.3 is 0 Å². The van der Waals surface area contributed by atoms with E-state index in [0.717, 1.165) is 22.8 Å². The maximum absolute atomic E-state index is 3.89. The van der Waals surface area contributed by atoms with E-state index >= 15 is 0 Å². The fraction of sp³-hybridized carbons (Fsp3) is 0. The van der Waals surface area contributed by atoms with Crippen LogP contribution in [0, 0.1) is 0 Å². The Kier molecular flexibility index (Phi) is 3.48. The molecule has 1 aromatic heterocycles. The number of anilines is 1. The van der Waals surface area contributed by atoms with Gasteiger partial charge in [0, 0.05) is 11.8 Å². The molecule has 0 spiro atoms. The highest BCUT2D eigenvalue weighted by molar-refractivity contribution is 5.78. The van der Waals surface area contributed by atoms with Crippen LogP contribution in [-0.4, -0.2) is 9.36 Å². The van der Waals surface area contributed by atoms with Crippen LogP contribution < -0.4 is 5.32 Å². The first-order chi connectivity index (χ1) is 10.4. The van der Waals surface area contributed by atoms with Crippen LogP contribution in [0.1, 0.15) is 0 Å². The highest BCUT2D eigenvalue weighted by Crippen LogP contribution is 2.35. The normalized spacial score (nSPS) is 10.3. The average Bonchev–Trinajstić information content (AvgIpc) is 2.53. The zero-order valence-corrected chi connectivity index (χ0v) is 11.7. The number of para-hydroxylation sites is 1. The van der Waals surface area contributed by atoms with E-state index in [1.54, 1.807) is 12.4 Å². The van der Waals surface area contributed by atoms with Crippen molar-refractivity contribution < 1.29 is 0 Å². The molecule has 0 bridgehead atoms. The predicted octanol–water partition coefficient (Wildman–Crippen LogP) is 4.60. The van der Waals surface area contributed by atoms with Gasteiger partial charge < -0.3 is 5.32 Å². The van der Waals surface area contributed by atoms with E-state index in [1.165, 1.54) is 0 Å². The molecule has 0 saturated heterocycles. The minimum absolute atomic E-state index is 0.968. The second-order valence-electron chi connectivity index (χ2n) is 4.59. The third-order valence-electron chi connectivity index (χ3n) is 3.34. The molecule has 0 saturated carbocycles.